The average Bonchev–Trinajstić information content (AvgIpc) is 2.76. The Bertz CT molecular complexity index is 1160. The number of carboxylic acids is 1. The summed E-state index contributed by atoms with van der Waals surface area (Å²) in [5.74, 6) is -0.186. The largest absolute Gasteiger partial charge is 0.478 e. The van der Waals surface area contributed by atoms with Crippen LogP contribution in [0.5, 0.6) is 11.5 Å². The van der Waals surface area contributed by atoms with Crippen molar-refractivity contribution in [1.29, 1.82) is 0 Å². The lowest BCUT2D eigenvalue weighted by atomic mass is 10.2. The molecule has 0 saturated heterocycles. The van der Waals surface area contributed by atoms with Crippen LogP contribution in [0.1, 0.15) is 24.2 Å². The Labute approximate surface area is 182 Å². The molecule has 0 spiro atoms. The van der Waals surface area contributed by atoms with E-state index in [1.807, 2.05) is 24.3 Å². The fourth-order valence-electron chi connectivity index (χ4n) is 3.08. The first kappa shape index (κ1) is 22.2. The molecule has 31 heavy (non-hydrogen) atoms. The van der Waals surface area contributed by atoms with Gasteiger partial charge in [0.05, 0.1) is 16.1 Å². The van der Waals surface area contributed by atoms with E-state index in [0.717, 1.165) is 18.8 Å². The number of sulfonamides is 1. The molecule has 0 atom stereocenters. The molecule has 8 heteroatoms. The number of nitrogens with one attached hydrogen (secondary N) is 1. The third-order valence-corrected chi connectivity index (χ3v) is 6.10. The second kappa shape index (κ2) is 9.53. The number of hydrogen-bond acceptors (Lipinski definition) is 5. The van der Waals surface area contributed by atoms with Gasteiger partial charge in [-0.05, 0) is 62.4 Å². The summed E-state index contributed by atoms with van der Waals surface area (Å²) in [5, 5.41) is 8.99. The number of anilines is 2. The molecular formula is C23H24N2O5S. The number of carbonyl (C=O) groups is 1. The maximum atomic E-state index is 12.8. The third kappa shape index (κ3) is 5.35. The van der Waals surface area contributed by atoms with Gasteiger partial charge in [-0.2, -0.15) is 0 Å². The first-order valence-electron chi connectivity index (χ1n) is 9.82. The first-order chi connectivity index (χ1) is 14.8. The summed E-state index contributed by atoms with van der Waals surface area (Å²) >= 11 is 0. The quantitative estimate of drug-likeness (QED) is 0.495. The number of rotatable bonds is 9. The minimum Gasteiger partial charge on any atom is -0.478 e. The van der Waals surface area contributed by atoms with Crippen LogP contribution in [0.2, 0.25) is 0 Å². The van der Waals surface area contributed by atoms with Gasteiger partial charge in [-0.15, -0.1) is 0 Å². The minimum absolute atomic E-state index is 0.00997. The molecule has 7 nitrogen and oxygen atoms in total. The SMILES string of the molecule is CCN(CC)c1cccc(Oc2ccccc2NS(=O)(=O)c2ccc(C(=O)O)cc2)c1. The van der Waals surface area contributed by atoms with Crippen LogP contribution in [0.3, 0.4) is 0 Å². The highest BCUT2D eigenvalue weighted by Gasteiger charge is 2.17. The van der Waals surface area contributed by atoms with Gasteiger partial charge in [0.25, 0.3) is 10.0 Å². The molecule has 0 aliphatic rings. The number of nitrogens with zero attached hydrogens (tertiary/aromatic N) is 1. The summed E-state index contributed by atoms with van der Waals surface area (Å²) < 4.78 is 34.1. The summed E-state index contributed by atoms with van der Waals surface area (Å²) in [6.07, 6.45) is 0. The predicted octanol–water partition coefficient (Wildman–Crippen LogP) is 4.82. The van der Waals surface area contributed by atoms with Gasteiger partial charge in [-0.3, -0.25) is 4.72 Å². The highest BCUT2D eigenvalue weighted by Crippen LogP contribution is 2.32. The number of aromatic carboxylic acids is 1. The van der Waals surface area contributed by atoms with Crippen molar-refractivity contribution in [3.8, 4) is 11.5 Å². The van der Waals surface area contributed by atoms with Crippen molar-refractivity contribution in [3.05, 3.63) is 78.4 Å². The van der Waals surface area contributed by atoms with E-state index >= 15 is 0 Å². The van der Waals surface area contributed by atoms with E-state index in [1.54, 1.807) is 24.3 Å². The average molecular weight is 441 g/mol. The van der Waals surface area contributed by atoms with Crippen LogP contribution in [0.4, 0.5) is 11.4 Å². The van der Waals surface area contributed by atoms with Crippen LogP contribution in [-0.4, -0.2) is 32.6 Å². The molecule has 0 saturated carbocycles. The van der Waals surface area contributed by atoms with Crippen LogP contribution in [0, 0.1) is 0 Å². The molecule has 0 radical (unpaired) electrons. The number of benzene rings is 3. The molecule has 0 bridgehead atoms. The van der Waals surface area contributed by atoms with E-state index in [0.29, 0.717) is 11.5 Å². The van der Waals surface area contributed by atoms with Crippen LogP contribution in [-0.2, 0) is 10.0 Å². The molecule has 0 aliphatic carbocycles. The van der Waals surface area contributed by atoms with E-state index in [2.05, 4.69) is 23.5 Å². The molecule has 162 valence electrons. The van der Waals surface area contributed by atoms with Crippen LogP contribution in [0.25, 0.3) is 0 Å². The molecule has 3 aromatic carbocycles. The first-order valence-corrected chi connectivity index (χ1v) is 11.3. The van der Waals surface area contributed by atoms with Crippen molar-refractivity contribution < 1.29 is 23.1 Å². The van der Waals surface area contributed by atoms with Gasteiger partial charge in [-0.1, -0.05) is 18.2 Å². The maximum absolute atomic E-state index is 12.8. The fraction of sp³-hybridized carbons (Fsp3) is 0.174. The van der Waals surface area contributed by atoms with E-state index < -0.39 is 16.0 Å². The van der Waals surface area contributed by atoms with Crippen molar-refractivity contribution in [2.75, 3.05) is 22.7 Å². The lowest BCUT2D eigenvalue weighted by Crippen LogP contribution is -2.21. The van der Waals surface area contributed by atoms with Crippen molar-refractivity contribution in [2.45, 2.75) is 18.7 Å². The highest BCUT2D eigenvalue weighted by atomic mass is 32.2. The minimum atomic E-state index is -3.93. The van der Waals surface area contributed by atoms with E-state index in [1.165, 1.54) is 24.3 Å². The lowest BCUT2D eigenvalue weighted by Gasteiger charge is -2.21. The molecular weight excluding hydrogens is 416 g/mol. The Morgan fingerprint density at radius 2 is 1.65 bits per heavy atom. The zero-order valence-corrected chi connectivity index (χ0v) is 18.1. The number of hydrogen-bond donors (Lipinski definition) is 2. The van der Waals surface area contributed by atoms with Crippen molar-refractivity contribution >= 4 is 27.4 Å². The van der Waals surface area contributed by atoms with Gasteiger partial charge >= 0.3 is 5.97 Å². The molecule has 3 rings (SSSR count). The molecule has 0 aliphatic heterocycles. The second-order valence-electron chi connectivity index (χ2n) is 6.70. The highest BCUT2D eigenvalue weighted by molar-refractivity contribution is 7.92. The molecule has 0 amide bonds. The molecule has 0 fully saturated rings. The number of para-hydroxylation sites is 2. The second-order valence-corrected chi connectivity index (χ2v) is 8.39. The van der Waals surface area contributed by atoms with Gasteiger partial charge in [0.1, 0.15) is 5.75 Å². The fourth-order valence-corrected chi connectivity index (χ4v) is 4.15. The van der Waals surface area contributed by atoms with Crippen LogP contribution in [0.15, 0.2) is 77.7 Å². The zero-order chi connectivity index (χ0) is 22.4. The van der Waals surface area contributed by atoms with Gasteiger partial charge in [0.2, 0.25) is 0 Å². The molecule has 0 heterocycles. The maximum Gasteiger partial charge on any atom is 0.335 e. The summed E-state index contributed by atoms with van der Waals surface area (Å²) in [4.78, 5) is 13.1. The van der Waals surface area contributed by atoms with E-state index in [9.17, 15) is 13.2 Å². The Morgan fingerprint density at radius 3 is 2.29 bits per heavy atom. The lowest BCUT2D eigenvalue weighted by molar-refractivity contribution is 0.0696. The van der Waals surface area contributed by atoms with Crippen molar-refractivity contribution in [1.82, 2.24) is 0 Å². The molecule has 0 aromatic heterocycles. The number of carboxylic acid groups (broad SMARTS) is 1. The van der Waals surface area contributed by atoms with E-state index in [4.69, 9.17) is 9.84 Å². The third-order valence-electron chi connectivity index (χ3n) is 4.72. The Morgan fingerprint density at radius 1 is 0.968 bits per heavy atom. The number of ether oxygens (including phenoxy) is 1. The normalized spacial score (nSPS) is 11.0. The van der Waals surface area contributed by atoms with Gasteiger partial charge in [-0.25, -0.2) is 13.2 Å². The summed E-state index contributed by atoms with van der Waals surface area (Å²) in [5.41, 5.74) is 1.30. The topological polar surface area (TPSA) is 95.9 Å². The Kier molecular flexibility index (Phi) is 6.81. The van der Waals surface area contributed by atoms with Crippen molar-refractivity contribution in [2.24, 2.45) is 0 Å². The molecule has 2 N–H and O–H groups in total. The standard InChI is InChI=1S/C23H24N2O5S/c1-3-25(4-2)18-8-7-9-19(16-18)30-22-11-6-5-10-21(22)24-31(28,29)20-14-12-17(13-15-20)23(26)27/h5-16,24H,3-4H2,1-2H3,(H,26,27). The van der Waals surface area contributed by atoms with E-state index in [-0.39, 0.29) is 16.1 Å². The molecule has 0 unspecified atom stereocenters. The van der Waals surface area contributed by atoms with Crippen LogP contribution >= 0.6 is 0 Å². The monoisotopic (exact) mass is 440 g/mol. The van der Waals surface area contributed by atoms with Gasteiger partial charge in [0.15, 0.2) is 5.75 Å². The van der Waals surface area contributed by atoms with Gasteiger partial charge < -0.3 is 14.7 Å². The zero-order valence-electron chi connectivity index (χ0n) is 17.3. The van der Waals surface area contributed by atoms with Crippen LogP contribution < -0.4 is 14.4 Å². The smallest absolute Gasteiger partial charge is 0.335 e. The Hall–Kier alpha value is -3.52. The Balaban J connectivity index is 1.85. The van der Waals surface area contributed by atoms with Crippen molar-refractivity contribution in [3.63, 3.8) is 0 Å². The van der Waals surface area contributed by atoms with Gasteiger partial charge in [0, 0.05) is 24.8 Å². The molecule has 3 aromatic rings. The predicted molar refractivity (Wildman–Crippen MR) is 121 cm³/mol. The summed E-state index contributed by atoms with van der Waals surface area (Å²) in [7, 11) is -3.93. The summed E-state index contributed by atoms with van der Waals surface area (Å²) in [6, 6.07) is 19.3. The summed E-state index contributed by atoms with van der Waals surface area (Å²) in [6.45, 7) is 5.86.